The van der Waals surface area contributed by atoms with E-state index in [9.17, 15) is 9.59 Å². The van der Waals surface area contributed by atoms with E-state index in [2.05, 4.69) is 38.4 Å². The molecule has 0 atom stereocenters. The minimum Gasteiger partial charge on any atom is -0.493 e. The lowest BCUT2D eigenvalue weighted by atomic mass is 10.2. The van der Waals surface area contributed by atoms with Gasteiger partial charge in [-0.1, -0.05) is 36.4 Å². The Morgan fingerprint density at radius 3 is 2.72 bits per heavy atom. The van der Waals surface area contributed by atoms with E-state index in [0.29, 0.717) is 38.9 Å². The Hall–Kier alpha value is -2.84. The average molecular weight is 481 g/mol. The molecule has 9 heteroatoms. The molecular formula is C20H19BrClN3O4. The van der Waals surface area contributed by atoms with E-state index in [0.717, 1.165) is 0 Å². The average Bonchev–Trinajstić information content (AvgIpc) is 2.68. The van der Waals surface area contributed by atoms with Crippen molar-refractivity contribution in [1.82, 2.24) is 5.43 Å². The molecule has 0 aliphatic carbocycles. The van der Waals surface area contributed by atoms with Gasteiger partial charge in [-0.25, -0.2) is 5.43 Å². The zero-order valence-corrected chi connectivity index (χ0v) is 17.9. The summed E-state index contributed by atoms with van der Waals surface area (Å²) in [5.41, 5.74) is 3.39. The van der Waals surface area contributed by atoms with Crippen molar-refractivity contribution >= 4 is 51.2 Å². The van der Waals surface area contributed by atoms with Gasteiger partial charge < -0.3 is 14.8 Å². The fraction of sp³-hybridized carbons (Fsp3) is 0.150. The summed E-state index contributed by atoms with van der Waals surface area (Å²) in [6, 6.07) is 10.2. The second-order valence-electron chi connectivity index (χ2n) is 5.63. The van der Waals surface area contributed by atoms with Crippen LogP contribution in [0.1, 0.15) is 12.0 Å². The van der Waals surface area contributed by atoms with E-state index in [1.165, 1.54) is 13.3 Å². The lowest BCUT2D eigenvalue weighted by molar-refractivity contribution is -0.126. The molecular weight excluding hydrogens is 462 g/mol. The predicted molar refractivity (Wildman–Crippen MR) is 117 cm³/mol. The number of amides is 2. The molecule has 0 fully saturated rings. The van der Waals surface area contributed by atoms with Crippen molar-refractivity contribution in [3.05, 3.63) is 64.1 Å². The van der Waals surface area contributed by atoms with Crippen molar-refractivity contribution in [2.75, 3.05) is 19.0 Å². The molecule has 7 nitrogen and oxygen atoms in total. The minimum atomic E-state index is -0.567. The molecule has 29 heavy (non-hydrogen) atoms. The topological polar surface area (TPSA) is 89.0 Å². The van der Waals surface area contributed by atoms with Crippen LogP contribution in [0.3, 0.4) is 0 Å². The van der Waals surface area contributed by atoms with Gasteiger partial charge in [0.05, 0.1) is 28.5 Å². The summed E-state index contributed by atoms with van der Waals surface area (Å²) in [6.45, 7) is 3.93. The minimum absolute atomic E-state index is 0.328. The van der Waals surface area contributed by atoms with Gasteiger partial charge in [0.15, 0.2) is 11.5 Å². The van der Waals surface area contributed by atoms with Gasteiger partial charge in [-0.15, -0.1) is 0 Å². The van der Waals surface area contributed by atoms with Gasteiger partial charge in [-0.3, -0.25) is 9.59 Å². The van der Waals surface area contributed by atoms with Crippen LogP contribution in [0.4, 0.5) is 5.69 Å². The van der Waals surface area contributed by atoms with Crippen molar-refractivity contribution in [3.8, 4) is 11.5 Å². The number of carbonyl (C=O) groups is 2. The monoisotopic (exact) mass is 479 g/mol. The molecule has 0 aliphatic heterocycles. The van der Waals surface area contributed by atoms with E-state index in [1.54, 1.807) is 42.5 Å². The zero-order chi connectivity index (χ0) is 21.2. The lowest BCUT2D eigenvalue weighted by Crippen LogP contribution is -2.24. The van der Waals surface area contributed by atoms with Crippen LogP contribution in [0.25, 0.3) is 0 Å². The molecule has 2 rings (SSSR count). The lowest BCUT2D eigenvalue weighted by Gasteiger charge is -2.12. The van der Waals surface area contributed by atoms with Gasteiger partial charge in [0.1, 0.15) is 13.0 Å². The second-order valence-corrected chi connectivity index (χ2v) is 6.89. The summed E-state index contributed by atoms with van der Waals surface area (Å²) in [5.74, 6) is -0.0420. The van der Waals surface area contributed by atoms with Crippen molar-refractivity contribution in [1.29, 1.82) is 0 Å². The number of hydrogen-bond acceptors (Lipinski definition) is 5. The summed E-state index contributed by atoms with van der Waals surface area (Å²) in [4.78, 5) is 23.8. The number of methoxy groups -OCH3 is 1. The van der Waals surface area contributed by atoms with Crippen LogP contribution in [-0.2, 0) is 9.59 Å². The van der Waals surface area contributed by atoms with E-state index in [1.807, 2.05) is 0 Å². The highest BCUT2D eigenvalue weighted by molar-refractivity contribution is 9.10. The fourth-order valence-corrected chi connectivity index (χ4v) is 2.97. The SMILES string of the molecule is C=CCOc1c(Br)cc(C=NNC(=O)CC(=O)Nc2ccccc2Cl)cc1OC. The van der Waals surface area contributed by atoms with Crippen LogP contribution in [0.2, 0.25) is 5.02 Å². The van der Waals surface area contributed by atoms with Crippen LogP contribution in [0, 0.1) is 0 Å². The summed E-state index contributed by atoms with van der Waals surface area (Å²) in [6.07, 6.45) is 2.65. The number of anilines is 1. The predicted octanol–water partition coefficient (Wildman–Crippen LogP) is 4.15. The highest BCUT2D eigenvalue weighted by Gasteiger charge is 2.12. The Kier molecular flexibility index (Phi) is 8.69. The number of hydrazone groups is 1. The van der Waals surface area contributed by atoms with E-state index in [-0.39, 0.29) is 0 Å². The number of para-hydroxylation sites is 1. The first kappa shape index (κ1) is 22.4. The van der Waals surface area contributed by atoms with Crippen LogP contribution < -0.4 is 20.2 Å². The van der Waals surface area contributed by atoms with Crippen LogP contribution in [-0.4, -0.2) is 31.7 Å². The van der Waals surface area contributed by atoms with Gasteiger partial charge in [-0.05, 0) is 45.8 Å². The van der Waals surface area contributed by atoms with Crippen molar-refractivity contribution < 1.29 is 19.1 Å². The van der Waals surface area contributed by atoms with Crippen LogP contribution >= 0.6 is 27.5 Å². The Morgan fingerprint density at radius 1 is 1.28 bits per heavy atom. The van der Waals surface area contributed by atoms with Gasteiger partial charge in [0.25, 0.3) is 0 Å². The molecule has 0 saturated heterocycles. The van der Waals surface area contributed by atoms with E-state index < -0.39 is 18.2 Å². The smallest absolute Gasteiger partial charge is 0.249 e. The largest absolute Gasteiger partial charge is 0.493 e. The van der Waals surface area contributed by atoms with Gasteiger partial charge >= 0.3 is 0 Å². The Bertz CT molecular complexity index is 934. The molecule has 2 aromatic rings. The molecule has 0 aliphatic rings. The third-order valence-electron chi connectivity index (χ3n) is 3.47. The maximum Gasteiger partial charge on any atom is 0.249 e. The third-order valence-corrected chi connectivity index (χ3v) is 4.39. The summed E-state index contributed by atoms with van der Waals surface area (Å²) >= 11 is 9.37. The summed E-state index contributed by atoms with van der Waals surface area (Å²) in [7, 11) is 1.52. The van der Waals surface area contributed by atoms with Crippen molar-refractivity contribution in [2.45, 2.75) is 6.42 Å². The first-order valence-corrected chi connectivity index (χ1v) is 9.59. The van der Waals surface area contributed by atoms with E-state index in [4.69, 9.17) is 21.1 Å². The fourth-order valence-electron chi connectivity index (χ4n) is 2.22. The number of carbonyl (C=O) groups excluding carboxylic acids is 2. The second kappa shape index (κ2) is 11.2. The molecule has 2 amide bonds. The van der Waals surface area contributed by atoms with Gasteiger partial charge in [0.2, 0.25) is 11.8 Å². The standard InChI is InChI=1S/C20H19BrClN3O4/c1-3-8-29-20-14(21)9-13(10-17(20)28-2)12-23-25-19(27)11-18(26)24-16-7-5-4-6-15(16)22/h3-7,9-10,12H,1,8,11H2,2H3,(H,24,26)(H,25,27). The number of halogens is 2. The first-order chi connectivity index (χ1) is 13.9. The number of rotatable bonds is 9. The summed E-state index contributed by atoms with van der Waals surface area (Å²) < 4.78 is 11.5. The summed E-state index contributed by atoms with van der Waals surface area (Å²) in [5, 5.41) is 6.82. The molecule has 0 aromatic heterocycles. The quantitative estimate of drug-likeness (QED) is 0.244. The number of nitrogens with one attached hydrogen (secondary N) is 2. The number of nitrogens with zero attached hydrogens (tertiary/aromatic N) is 1. The first-order valence-electron chi connectivity index (χ1n) is 8.42. The highest BCUT2D eigenvalue weighted by Crippen LogP contribution is 2.36. The van der Waals surface area contributed by atoms with Gasteiger partial charge in [0, 0.05) is 0 Å². The normalized spacial score (nSPS) is 10.4. The molecule has 0 heterocycles. The number of hydrogen-bond donors (Lipinski definition) is 2. The van der Waals surface area contributed by atoms with Gasteiger partial charge in [-0.2, -0.15) is 5.10 Å². The maximum absolute atomic E-state index is 11.9. The van der Waals surface area contributed by atoms with E-state index >= 15 is 0 Å². The van der Waals surface area contributed by atoms with Crippen LogP contribution in [0.15, 0.2) is 58.6 Å². The Labute approximate surface area is 181 Å². The molecule has 0 unspecified atom stereocenters. The van der Waals surface area contributed by atoms with Crippen molar-refractivity contribution in [3.63, 3.8) is 0 Å². The molecule has 0 spiro atoms. The molecule has 152 valence electrons. The molecule has 0 radical (unpaired) electrons. The molecule has 2 N–H and O–H groups in total. The molecule has 2 aromatic carbocycles. The maximum atomic E-state index is 11.9. The van der Waals surface area contributed by atoms with Crippen molar-refractivity contribution in [2.24, 2.45) is 5.10 Å². The van der Waals surface area contributed by atoms with Crippen LogP contribution in [0.5, 0.6) is 11.5 Å². The zero-order valence-electron chi connectivity index (χ0n) is 15.6. The molecule has 0 saturated carbocycles. The third kappa shape index (κ3) is 6.92. The Morgan fingerprint density at radius 2 is 2.03 bits per heavy atom. The Balaban J connectivity index is 1.94. The number of benzene rings is 2. The molecule has 0 bridgehead atoms. The number of ether oxygens (including phenoxy) is 2. The highest BCUT2D eigenvalue weighted by atomic mass is 79.9.